The number of aromatic nitrogens is 6. The normalized spacial score (nSPS) is 12.4. The van der Waals surface area contributed by atoms with Gasteiger partial charge in [0.15, 0.2) is 0 Å². The van der Waals surface area contributed by atoms with E-state index in [4.69, 9.17) is 34.2 Å². The number of likely N-dealkylation sites (N-methyl/N-ethyl adjacent to an activating group) is 2. The minimum Gasteiger partial charge on any atom is -0.497 e. The number of hydrogen-bond donors (Lipinski definition) is 7. The van der Waals surface area contributed by atoms with E-state index < -0.39 is 6.03 Å². The van der Waals surface area contributed by atoms with Crippen LogP contribution in [0.3, 0.4) is 0 Å². The zero-order chi connectivity index (χ0) is 89.4. The van der Waals surface area contributed by atoms with E-state index in [1.807, 2.05) is 117 Å². The van der Waals surface area contributed by atoms with E-state index in [1.165, 1.54) is 51.5 Å². The lowest BCUT2D eigenvalue weighted by atomic mass is 10.1. The van der Waals surface area contributed by atoms with Gasteiger partial charge in [-0.1, -0.05) is 85.6 Å². The van der Waals surface area contributed by atoms with Crippen LogP contribution in [-0.2, 0) is 19.6 Å². The molecule has 31 heteroatoms. The Morgan fingerprint density at radius 3 is 1.25 bits per heavy atom. The number of methoxy groups -OCH3 is 6. The van der Waals surface area contributed by atoms with Crippen LogP contribution in [0.4, 0.5) is 105 Å². The molecule has 9 aromatic carbocycles. The second kappa shape index (κ2) is 46.1. The molecule has 0 saturated carbocycles. The number of aryl methyl sites for hydroxylation is 2. The predicted octanol–water partition coefficient (Wildman–Crippen LogP) is 16.7. The molecule has 8 N–H and O–H groups in total. The summed E-state index contributed by atoms with van der Waals surface area (Å²) in [6, 6.07) is 65.3. The maximum Gasteiger partial charge on any atom is 0.328 e. The number of carbonyl (C=O) groups excluding carboxylic acids is 3. The van der Waals surface area contributed by atoms with Crippen LogP contribution in [-0.4, -0.2) is 192 Å². The Hall–Kier alpha value is -14.6. The van der Waals surface area contributed by atoms with Gasteiger partial charge >= 0.3 is 18.1 Å². The van der Waals surface area contributed by atoms with Crippen molar-refractivity contribution in [2.45, 2.75) is 47.3 Å². The van der Waals surface area contributed by atoms with Crippen molar-refractivity contribution in [1.29, 1.82) is 0 Å². The molecule has 2 aliphatic heterocycles. The largest absolute Gasteiger partial charge is 0.497 e. The minimum absolute atomic E-state index is 0.145. The number of hydrogen-bond acceptors (Lipinski definition) is 24. The summed E-state index contributed by atoms with van der Waals surface area (Å²) in [5.74, 6) is 5.79. The van der Waals surface area contributed by atoms with Crippen LogP contribution in [0.2, 0.25) is 0 Å². The summed E-state index contributed by atoms with van der Waals surface area (Å²) in [5.41, 5.74) is 17.6. The Kier molecular flexibility index (Phi) is 33.7. The second-order valence-electron chi connectivity index (χ2n) is 29.6. The molecule has 0 aliphatic carbocycles. The molecule has 0 bridgehead atoms. The van der Waals surface area contributed by atoms with Gasteiger partial charge < -0.3 is 90.6 Å². The van der Waals surface area contributed by atoms with Gasteiger partial charge in [-0.05, 0) is 186 Å². The minimum atomic E-state index is -0.418. The Balaban J connectivity index is 0.000000178. The molecule has 126 heavy (non-hydrogen) atoms. The summed E-state index contributed by atoms with van der Waals surface area (Å²) in [7, 11) is 15.9. The number of piperazine rings is 2. The van der Waals surface area contributed by atoms with Crippen molar-refractivity contribution in [3.8, 4) is 34.5 Å². The second-order valence-corrected chi connectivity index (χ2v) is 29.6. The maximum atomic E-state index is 13.7. The SMILES string of the molecule is CCN(C)CC.COc1ccc(N(C(=O)NCc2cccc(C)c2)c2cc(Nc3ccc(N4CCN(C)CC4)cc3)ncn2)c(OC)c1.COc1ccc(Nc2cc(N(C(=O)NCc3ccc(C)cc3)c3ccc(N)cc3)ncn2)c(OC)c1.COc1ccc(Nc2cc(N(C(=O)NCc3cccc(F)c3)c3ccc(N4CCN(C)CC4)cc3)ncn2)c(OC)c1. The molecule has 0 spiro atoms. The Bertz CT molecular complexity index is 5490. The average molecular weight is 1710 g/mol. The molecule has 14 rings (SSSR count). The standard InChI is InChI=1S/C32H37N7O3.C31H34FN7O3.C27H28N6O3.C5H13N/c1-23-6-5-7-24(18-23)21-33-32(40)39(28-13-12-27(41-3)19-29(28)42-4)31-20-30(34-22-35-31)36-25-8-10-26(11-9-25)38-16-14-37(2)15-17-38;1-37-13-15-38(16-14-37)24-7-9-25(10-8-24)39(31(40)33-20-22-5-4-6-23(32)17-22)30-19-29(34-21-35-30)36-27-12-11-26(41-2)18-28(27)42-3;1-18-4-6-19(7-5-18)16-29-27(34)33(21-10-8-20(28)9-11-21)26-15-25(30-17-31-26)32-23-13-12-22(35-2)14-24(23)36-3;1-4-6(3)5-2/h5-13,18-20,22H,14-17,21H2,1-4H3,(H,33,40)(H,34,35,36);4-12,17-19,21H,13-16,20H2,1-3H3,(H,33,40)(H,34,35,36);4-15,17H,16,28H2,1-3H3,(H,29,34)(H,30,31,32);4-5H2,1-3H3. The smallest absolute Gasteiger partial charge is 0.328 e. The average Bonchev–Trinajstić information content (AvgIpc) is 0.810. The van der Waals surface area contributed by atoms with Crippen LogP contribution in [0.25, 0.3) is 0 Å². The van der Waals surface area contributed by atoms with E-state index in [-0.39, 0.29) is 24.4 Å². The summed E-state index contributed by atoms with van der Waals surface area (Å²) < 4.78 is 46.3. The fraction of sp³-hybridized carbons (Fsp3) is 0.274. The van der Waals surface area contributed by atoms with E-state index in [0.29, 0.717) is 122 Å². The van der Waals surface area contributed by atoms with Crippen LogP contribution in [0.5, 0.6) is 34.5 Å². The first-order chi connectivity index (χ1) is 61.1. The van der Waals surface area contributed by atoms with Crippen molar-refractivity contribution in [1.82, 2.24) is 60.6 Å². The molecule has 0 atom stereocenters. The van der Waals surface area contributed by atoms with E-state index >= 15 is 0 Å². The summed E-state index contributed by atoms with van der Waals surface area (Å²) in [5, 5.41) is 18.7. The van der Waals surface area contributed by atoms with Crippen LogP contribution in [0.1, 0.15) is 41.7 Å². The molecular formula is C95H112FN21O9. The molecule has 12 aromatic rings. The van der Waals surface area contributed by atoms with Crippen molar-refractivity contribution in [2.75, 3.05) is 175 Å². The number of benzene rings is 9. The molecule has 0 unspecified atom stereocenters. The predicted molar refractivity (Wildman–Crippen MR) is 498 cm³/mol. The lowest BCUT2D eigenvalue weighted by Gasteiger charge is -2.34. The zero-order valence-electron chi connectivity index (χ0n) is 73.6. The molecule has 0 radical (unpaired) electrons. The molecule has 2 saturated heterocycles. The van der Waals surface area contributed by atoms with Crippen molar-refractivity contribution < 1.29 is 47.2 Å². The summed E-state index contributed by atoms with van der Waals surface area (Å²) in [4.78, 5) is 83.2. The lowest BCUT2D eigenvalue weighted by Crippen LogP contribution is -2.44. The summed E-state index contributed by atoms with van der Waals surface area (Å²) in [6.07, 6.45) is 4.22. The number of nitrogens with two attached hydrogens (primary N) is 1. The number of rotatable bonds is 28. The molecule has 2 aliphatic rings. The fourth-order valence-electron chi connectivity index (χ4n) is 13.3. The monoisotopic (exact) mass is 1710 g/mol. The Labute approximate surface area is 736 Å². The summed E-state index contributed by atoms with van der Waals surface area (Å²) >= 11 is 0. The number of anilines is 15. The van der Waals surface area contributed by atoms with Crippen molar-refractivity contribution >= 4 is 104 Å². The van der Waals surface area contributed by atoms with Crippen LogP contribution >= 0.6 is 0 Å². The van der Waals surface area contributed by atoms with Gasteiger partial charge in [0, 0.05) is 131 Å². The third-order valence-electron chi connectivity index (χ3n) is 20.9. The first-order valence-electron chi connectivity index (χ1n) is 41.3. The van der Waals surface area contributed by atoms with Gasteiger partial charge in [-0.3, -0.25) is 0 Å². The molecule has 30 nitrogen and oxygen atoms in total. The fourth-order valence-corrected chi connectivity index (χ4v) is 13.3. The highest BCUT2D eigenvalue weighted by Crippen LogP contribution is 2.39. The van der Waals surface area contributed by atoms with Gasteiger partial charge in [-0.25, -0.2) is 63.4 Å². The van der Waals surface area contributed by atoms with Gasteiger partial charge in [0.25, 0.3) is 0 Å². The molecule has 3 aromatic heterocycles. The molecule has 6 amide bonds. The van der Waals surface area contributed by atoms with Crippen molar-refractivity contribution in [2.24, 2.45) is 0 Å². The third-order valence-corrected chi connectivity index (χ3v) is 20.9. The number of nitrogen functional groups attached to an aromatic ring is 1. The summed E-state index contributed by atoms with van der Waals surface area (Å²) in [6.45, 7) is 19.5. The van der Waals surface area contributed by atoms with E-state index in [9.17, 15) is 18.8 Å². The van der Waals surface area contributed by atoms with Gasteiger partial charge in [0.2, 0.25) is 0 Å². The molecular weight excluding hydrogens is 1600 g/mol. The first-order valence-corrected chi connectivity index (χ1v) is 41.3. The van der Waals surface area contributed by atoms with Crippen LogP contribution in [0, 0.1) is 19.7 Å². The van der Waals surface area contributed by atoms with E-state index in [1.54, 1.807) is 134 Å². The number of halogens is 1. The number of urea groups is 3. The highest BCUT2D eigenvalue weighted by atomic mass is 19.1. The number of nitrogens with zero attached hydrogens (tertiary/aromatic N) is 14. The number of amides is 6. The van der Waals surface area contributed by atoms with Gasteiger partial charge in [-0.15, -0.1) is 0 Å². The Morgan fingerprint density at radius 2 is 0.810 bits per heavy atom. The van der Waals surface area contributed by atoms with Gasteiger partial charge in [0.1, 0.15) is 94.2 Å². The maximum absolute atomic E-state index is 13.7. The van der Waals surface area contributed by atoms with Gasteiger partial charge in [-0.2, -0.15) is 0 Å². The number of ether oxygens (including phenoxy) is 6. The number of carbonyl (C=O) groups is 3. The number of nitrogens with one attached hydrogen (secondary N) is 6. The quantitative estimate of drug-likeness (QED) is 0.0224. The van der Waals surface area contributed by atoms with E-state index in [0.717, 1.165) is 99.1 Å². The van der Waals surface area contributed by atoms with Crippen LogP contribution < -0.4 is 90.6 Å². The highest BCUT2D eigenvalue weighted by molar-refractivity contribution is 6.01. The molecule has 658 valence electrons. The van der Waals surface area contributed by atoms with Crippen molar-refractivity contribution in [3.05, 3.63) is 271 Å². The zero-order valence-corrected chi connectivity index (χ0v) is 73.6. The lowest BCUT2D eigenvalue weighted by molar-refractivity contribution is 0.247. The first kappa shape index (κ1) is 92.2. The topological polar surface area (TPSA) is 308 Å². The van der Waals surface area contributed by atoms with Crippen molar-refractivity contribution in [3.63, 3.8) is 0 Å². The van der Waals surface area contributed by atoms with Crippen LogP contribution in [0.15, 0.2) is 237 Å². The molecule has 2 fully saturated rings. The Morgan fingerprint density at radius 1 is 0.405 bits per heavy atom. The van der Waals surface area contributed by atoms with E-state index in [2.05, 4.69) is 133 Å². The molecule has 5 heterocycles. The van der Waals surface area contributed by atoms with Gasteiger partial charge in [0.05, 0.1) is 71.1 Å². The third kappa shape index (κ3) is 26.2. The highest BCUT2D eigenvalue weighted by Gasteiger charge is 2.27.